The molecule has 2 aromatic heterocycles. The van der Waals surface area contributed by atoms with E-state index in [1.807, 2.05) is 0 Å². The van der Waals surface area contributed by atoms with Crippen molar-refractivity contribution >= 4 is 5.82 Å². The van der Waals surface area contributed by atoms with Gasteiger partial charge in [-0.1, -0.05) is 12.8 Å². The Kier molecular flexibility index (Phi) is 5.23. The third-order valence-electron chi connectivity index (χ3n) is 4.99. The normalized spacial score (nSPS) is 20.5. The number of aliphatic hydroxyl groups excluding tert-OH is 1. The van der Waals surface area contributed by atoms with Crippen LogP contribution in [0.5, 0.6) is 5.75 Å². The van der Waals surface area contributed by atoms with Crippen LogP contribution >= 0.6 is 0 Å². The van der Waals surface area contributed by atoms with Crippen molar-refractivity contribution < 1.29 is 23.4 Å². The fourth-order valence-electron chi connectivity index (χ4n) is 3.21. The molecule has 1 aliphatic rings. The highest BCUT2D eigenvalue weighted by Gasteiger charge is 2.32. The Morgan fingerprint density at radius 3 is 2.41 bits per heavy atom. The summed E-state index contributed by atoms with van der Waals surface area (Å²) >= 11 is 0. The highest BCUT2D eigenvalue weighted by Crippen LogP contribution is 2.36. The maximum atomic E-state index is 12.7. The zero-order valence-electron chi connectivity index (χ0n) is 15.0. The van der Waals surface area contributed by atoms with Crippen molar-refractivity contribution in [3.8, 4) is 17.1 Å². The predicted octanol–water partition coefficient (Wildman–Crippen LogP) is 3.60. The Morgan fingerprint density at radius 1 is 1.07 bits per heavy atom. The first-order chi connectivity index (χ1) is 12.7. The Hall–Kier alpha value is -2.42. The minimum Gasteiger partial charge on any atom is -0.506 e. The molecule has 2 atom stereocenters. The second-order valence-electron chi connectivity index (χ2n) is 6.84. The molecule has 2 unspecified atom stereocenters. The first-order valence-corrected chi connectivity index (χ1v) is 8.73. The van der Waals surface area contributed by atoms with Gasteiger partial charge >= 0.3 is 6.18 Å². The number of hydrogen-bond acceptors (Lipinski definition) is 6. The van der Waals surface area contributed by atoms with Gasteiger partial charge in [-0.25, -0.2) is 4.98 Å². The van der Waals surface area contributed by atoms with Crippen LogP contribution in [0.1, 0.15) is 42.4 Å². The van der Waals surface area contributed by atoms with Gasteiger partial charge in [-0.15, -0.1) is 10.2 Å². The van der Waals surface area contributed by atoms with Crippen molar-refractivity contribution in [3.05, 3.63) is 29.0 Å². The summed E-state index contributed by atoms with van der Waals surface area (Å²) in [5.74, 6) is -0.0985. The third kappa shape index (κ3) is 3.97. The third-order valence-corrected chi connectivity index (χ3v) is 4.99. The number of pyridine rings is 1. The van der Waals surface area contributed by atoms with Gasteiger partial charge in [-0.2, -0.15) is 13.2 Å². The minimum atomic E-state index is -4.59. The standard InChI is InChI=1S/C18H21F3N4O2/c1-9-10(2)17(23-12-5-3-4-6-13(12)26)25-24-15(9)16-14(27)7-11(8-22-16)18(19,20)21/h7-8,12-13,26-27H,3-6H2,1-2H3,(H,23,25). The van der Waals surface area contributed by atoms with E-state index in [2.05, 4.69) is 20.5 Å². The lowest BCUT2D eigenvalue weighted by Gasteiger charge is -2.29. The zero-order chi connectivity index (χ0) is 19.8. The van der Waals surface area contributed by atoms with Crippen molar-refractivity contribution in [3.63, 3.8) is 0 Å². The highest BCUT2D eigenvalue weighted by atomic mass is 19.4. The molecule has 1 fully saturated rings. The highest BCUT2D eigenvalue weighted by molar-refractivity contribution is 5.68. The zero-order valence-corrected chi connectivity index (χ0v) is 15.0. The Balaban J connectivity index is 1.91. The van der Waals surface area contributed by atoms with Gasteiger partial charge in [0.2, 0.25) is 0 Å². The van der Waals surface area contributed by atoms with Crippen molar-refractivity contribution in [2.45, 2.75) is 57.9 Å². The van der Waals surface area contributed by atoms with E-state index in [4.69, 9.17) is 0 Å². The second kappa shape index (κ2) is 7.30. The summed E-state index contributed by atoms with van der Waals surface area (Å²) in [6, 6.07) is 0.512. The Morgan fingerprint density at radius 2 is 1.78 bits per heavy atom. The molecule has 0 spiro atoms. The maximum Gasteiger partial charge on any atom is 0.418 e. The van der Waals surface area contributed by atoms with E-state index >= 15 is 0 Å². The number of hydrogen-bond donors (Lipinski definition) is 3. The average Bonchev–Trinajstić information content (AvgIpc) is 2.60. The first kappa shape index (κ1) is 19.3. The van der Waals surface area contributed by atoms with E-state index in [1.54, 1.807) is 13.8 Å². The number of rotatable bonds is 3. The average molecular weight is 382 g/mol. The Bertz CT molecular complexity index is 842. The molecule has 146 valence electrons. The molecule has 0 saturated heterocycles. The quantitative estimate of drug-likeness (QED) is 0.751. The van der Waals surface area contributed by atoms with E-state index in [9.17, 15) is 23.4 Å². The van der Waals surface area contributed by atoms with Crippen molar-refractivity contribution in [1.82, 2.24) is 15.2 Å². The number of aromatic nitrogens is 3. The second-order valence-corrected chi connectivity index (χ2v) is 6.84. The number of alkyl halides is 3. The molecular weight excluding hydrogens is 361 g/mol. The lowest BCUT2D eigenvalue weighted by atomic mass is 9.92. The van der Waals surface area contributed by atoms with E-state index in [-0.39, 0.29) is 17.4 Å². The lowest BCUT2D eigenvalue weighted by molar-refractivity contribution is -0.137. The molecule has 2 heterocycles. The van der Waals surface area contributed by atoms with Crippen LogP contribution in [-0.4, -0.2) is 37.5 Å². The van der Waals surface area contributed by atoms with Crippen LogP contribution in [0.4, 0.5) is 19.0 Å². The van der Waals surface area contributed by atoms with Gasteiger partial charge in [0.25, 0.3) is 0 Å². The monoisotopic (exact) mass is 382 g/mol. The van der Waals surface area contributed by atoms with Crippen LogP contribution in [-0.2, 0) is 6.18 Å². The molecule has 0 amide bonds. The molecule has 0 aliphatic heterocycles. The first-order valence-electron chi connectivity index (χ1n) is 8.73. The largest absolute Gasteiger partial charge is 0.506 e. The summed E-state index contributed by atoms with van der Waals surface area (Å²) < 4.78 is 38.2. The molecule has 3 rings (SSSR count). The van der Waals surface area contributed by atoms with Crippen LogP contribution < -0.4 is 5.32 Å². The molecule has 2 aromatic rings. The summed E-state index contributed by atoms with van der Waals surface area (Å²) in [6.45, 7) is 3.53. The summed E-state index contributed by atoms with van der Waals surface area (Å²) in [7, 11) is 0. The topological polar surface area (TPSA) is 91.2 Å². The SMILES string of the molecule is Cc1c(NC2CCCCC2O)nnc(-c2ncc(C(F)(F)F)cc2O)c1C. The van der Waals surface area contributed by atoms with E-state index in [0.29, 0.717) is 23.6 Å². The smallest absolute Gasteiger partial charge is 0.418 e. The number of halogens is 3. The number of anilines is 1. The fourth-order valence-corrected chi connectivity index (χ4v) is 3.21. The molecule has 3 N–H and O–H groups in total. The molecule has 0 bridgehead atoms. The summed E-state index contributed by atoms with van der Waals surface area (Å²) in [6.07, 6.45) is -0.831. The van der Waals surface area contributed by atoms with Crippen LogP contribution in [0.15, 0.2) is 12.3 Å². The van der Waals surface area contributed by atoms with Gasteiger partial charge in [-0.3, -0.25) is 0 Å². The number of aliphatic hydroxyl groups is 1. The molecule has 0 aromatic carbocycles. The van der Waals surface area contributed by atoms with E-state index in [1.165, 1.54) is 0 Å². The molecular formula is C18H21F3N4O2. The molecule has 27 heavy (non-hydrogen) atoms. The van der Waals surface area contributed by atoms with Gasteiger partial charge in [0.15, 0.2) is 5.82 Å². The summed E-state index contributed by atoms with van der Waals surface area (Å²) in [4.78, 5) is 3.74. The number of nitrogens with one attached hydrogen (secondary N) is 1. The van der Waals surface area contributed by atoms with Gasteiger partial charge in [-0.05, 0) is 43.9 Å². The van der Waals surface area contributed by atoms with Gasteiger partial charge in [0.1, 0.15) is 17.1 Å². The lowest BCUT2D eigenvalue weighted by Crippen LogP contribution is -2.37. The summed E-state index contributed by atoms with van der Waals surface area (Å²) in [5, 5.41) is 31.5. The molecule has 6 nitrogen and oxygen atoms in total. The molecule has 9 heteroatoms. The van der Waals surface area contributed by atoms with Crippen molar-refractivity contribution in [1.29, 1.82) is 0 Å². The summed E-state index contributed by atoms with van der Waals surface area (Å²) in [5.41, 5.74) is 0.503. The fraction of sp³-hybridized carbons (Fsp3) is 0.500. The Labute approximate surface area is 154 Å². The molecule has 0 radical (unpaired) electrons. The van der Waals surface area contributed by atoms with Gasteiger partial charge in [0.05, 0.1) is 17.7 Å². The minimum absolute atomic E-state index is 0.0552. The van der Waals surface area contributed by atoms with Crippen molar-refractivity contribution in [2.75, 3.05) is 5.32 Å². The van der Waals surface area contributed by atoms with Gasteiger partial charge < -0.3 is 15.5 Å². The number of aromatic hydroxyl groups is 1. The van der Waals surface area contributed by atoms with Crippen LogP contribution in [0, 0.1) is 13.8 Å². The van der Waals surface area contributed by atoms with E-state index < -0.39 is 23.6 Å². The van der Waals surface area contributed by atoms with Gasteiger partial charge in [0, 0.05) is 6.20 Å². The molecule has 1 saturated carbocycles. The number of nitrogens with zero attached hydrogens (tertiary/aromatic N) is 3. The van der Waals surface area contributed by atoms with Crippen LogP contribution in [0.2, 0.25) is 0 Å². The van der Waals surface area contributed by atoms with Crippen LogP contribution in [0.25, 0.3) is 11.4 Å². The van der Waals surface area contributed by atoms with Crippen molar-refractivity contribution in [2.24, 2.45) is 0 Å². The maximum absolute atomic E-state index is 12.7. The predicted molar refractivity (Wildman–Crippen MR) is 93.3 cm³/mol. The van der Waals surface area contributed by atoms with Crippen LogP contribution in [0.3, 0.4) is 0 Å². The molecule has 1 aliphatic carbocycles. The van der Waals surface area contributed by atoms with E-state index in [0.717, 1.165) is 31.2 Å².